The third-order valence-electron chi connectivity index (χ3n) is 3.39. The monoisotopic (exact) mass is 300 g/mol. The number of hydrogen-bond acceptors (Lipinski definition) is 3. The Morgan fingerprint density at radius 1 is 1.09 bits per heavy atom. The van der Waals surface area contributed by atoms with Crippen LogP contribution in [-0.4, -0.2) is 25.1 Å². The molecule has 1 aliphatic rings. The Kier molecular flexibility index (Phi) is 7.94. The highest BCUT2D eigenvalue weighted by molar-refractivity contribution is 5.66. The zero-order chi connectivity index (χ0) is 16.4. The van der Waals surface area contributed by atoms with Gasteiger partial charge in [0.15, 0.2) is 0 Å². The minimum absolute atomic E-state index is 0.750. The molecule has 0 radical (unpaired) electrons. The molecule has 22 heavy (non-hydrogen) atoms. The molecule has 0 aliphatic carbocycles. The van der Waals surface area contributed by atoms with Gasteiger partial charge in [-0.3, -0.25) is 0 Å². The van der Waals surface area contributed by atoms with Gasteiger partial charge in [-0.05, 0) is 41.7 Å². The smallest absolute Gasteiger partial charge is 0.123 e. The summed E-state index contributed by atoms with van der Waals surface area (Å²) in [7, 11) is 1.00. The SMILES string of the molecule is CC=O.CCc1ccc(-c2ccc3c(c2)OCC3)cc1.CO. The van der Waals surface area contributed by atoms with Crippen LogP contribution in [0.15, 0.2) is 42.5 Å². The Morgan fingerprint density at radius 2 is 1.68 bits per heavy atom. The van der Waals surface area contributed by atoms with Gasteiger partial charge in [0.2, 0.25) is 0 Å². The first-order valence-corrected chi connectivity index (χ1v) is 7.48. The number of benzene rings is 2. The lowest BCUT2D eigenvalue weighted by Crippen LogP contribution is -1.86. The van der Waals surface area contributed by atoms with E-state index in [0.29, 0.717) is 0 Å². The van der Waals surface area contributed by atoms with Gasteiger partial charge in [-0.2, -0.15) is 0 Å². The Labute approximate surface area is 132 Å². The molecule has 3 rings (SSSR count). The normalized spacial score (nSPS) is 11.1. The first kappa shape index (κ1) is 17.9. The molecular weight excluding hydrogens is 276 g/mol. The number of rotatable bonds is 2. The highest BCUT2D eigenvalue weighted by Gasteiger charge is 2.12. The van der Waals surface area contributed by atoms with Crippen LogP contribution in [-0.2, 0) is 17.6 Å². The van der Waals surface area contributed by atoms with Crippen molar-refractivity contribution in [2.45, 2.75) is 26.7 Å². The maximum absolute atomic E-state index is 8.81. The Morgan fingerprint density at radius 3 is 2.27 bits per heavy atom. The fraction of sp³-hybridized carbons (Fsp3) is 0.316. The van der Waals surface area contributed by atoms with Crippen molar-refractivity contribution in [1.29, 1.82) is 0 Å². The number of carbonyl (C=O) groups is 1. The van der Waals surface area contributed by atoms with Crippen molar-refractivity contribution < 1.29 is 14.6 Å². The van der Waals surface area contributed by atoms with Gasteiger partial charge in [0, 0.05) is 13.5 Å². The molecule has 0 bridgehead atoms. The predicted molar refractivity (Wildman–Crippen MR) is 90.3 cm³/mol. The molecular formula is C19H24O3. The van der Waals surface area contributed by atoms with Crippen LogP contribution in [0.5, 0.6) is 5.75 Å². The minimum Gasteiger partial charge on any atom is -0.493 e. The van der Waals surface area contributed by atoms with Crippen LogP contribution in [0.2, 0.25) is 0 Å². The van der Waals surface area contributed by atoms with Crippen LogP contribution in [0.4, 0.5) is 0 Å². The van der Waals surface area contributed by atoms with Crippen LogP contribution in [0.1, 0.15) is 25.0 Å². The van der Waals surface area contributed by atoms with Gasteiger partial charge < -0.3 is 14.6 Å². The predicted octanol–water partition coefficient (Wildman–Crippen LogP) is 3.66. The average molecular weight is 300 g/mol. The quantitative estimate of drug-likeness (QED) is 0.861. The largest absolute Gasteiger partial charge is 0.493 e. The molecule has 1 heterocycles. The van der Waals surface area contributed by atoms with Crippen molar-refractivity contribution in [2.24, 2.45) is 0 Å². The second-order valence-corrected chi connectivity index (χ2v) is 4.71. The van der Waals surface area contributed by atoms with Gasteiger partial charge in [-0.1, -0.05) is 43.3 Å². The van der Waals surface area contributed by atoms with Crippen molar-refractivity contribution in [3.05, 3.63) is 53.6 Å². The molecule has 0 fully saturated rings. The molecule has 0 aromatic heterocycles. The molecule has 3 heteroatoms. The van der Waals surface area contributed by atoms with Gasteiger partial charge in [-0.15, -0.1) is 0 Å². The molecule has 2 aromatic carbocycles. The minimum atomic E-state index is 0.750. The summed E-state index contributed by atoms with van der Waals surface area (Å²) in [6, 6.07) is 15.3. The van der Waals surface area contributed by atoms with Crippen molar-refractivity contribution in [1.82, 2.24) is 0 Å². The van der Waals surface area contributed by atoms with Crippen molar-refractivity contribution >= 4 is 6.29 Å². The van der Waals surface area contributed by atoms with E-state index in [-0.39, 0.29) is 0 Å². The lowest BCUT2D eigenvalue weighted by molar-refractivity contribution is -0.106. The second kappa shape index (κ2) is 9.74. The molecule has 0 saturated carbocycles. The van der Waals surface area contributed by atoms with Gasteiger partial charge in [0.1, 0.15) is 12.0 Å². The van der Waals surface area contributed by atoms with Crippen LogP contribution < -0.4 is 4.74 Å². The number of fused-ring (bicyclic) bond motifs is 1. The third kappa shape index (κ3) is 4.71. The molecule has 0 atom stereocenters. The van der Waals surface area contributed by atoms with Crippen LogP contribution in [0.3, 0.4) is 0 Å². The number of hydrogen-bond donors (Lipinski definition) is 1. The van der Waals surface area contributed by atoms with E-state index in [1.807, 2.05) is 0 Å². The zero-order valence-electron chi connectivity index (χ0n) is 13.5. The molecule has 3 nitrogen and oxygen atoms in total. The standard InChI is InChI=1S/C16H16O.C2H4O.CH4O/c1-2-12-3-5-13(6-4-12)15-8-7-14-9-10-17-16(14)11-15;1-2-3;1-2/h3-8,11H,2,9-10H2,1H3;2H,1H3;2H,1H3. The zero-order valence-corrected chi connectivity index (χ0v) is 13.5. The summed E-state index contributed by atoms with van der Waals surface area (Å²) in [6.07, 6.45) is 2.89. The summed E-state index contributed by atoms with van der Waals surface area (Å²) in [4.78, 5) is 8.81. The molecule has 0 unspecified atom stereocenters. The van der Waals surface area contributed by atoms with Crippen LogP contribution in [0.25, 0.3) is 11.1 Å². The van der Waals surface area contributed by atoms with Crippen molar-refractivity contribution in [3.8, 4) is 16.9 Å². The number of aryl methyl sites for hydroxylation is 1. The lowest BCUT2D eigenvalue weighted by Gasteiger charge is -2.05. The Bertz CT molecular complexity index is 574. The molecule has 0 amide bonds. The lowest BCUT2D eigenvalue weighted by atomic mass is 10.0. The third-order valence-corrected chi connectivity index (χ3v) is 3.39. The molecule has 0 spiro atoms. The fourth-order valence-corrected chi connectivity index (χ4v) is 2.28. The molecule has 1 N–H and O–H groups in total. The van der Waals surface area contributed by atoms with Crippen molar-refractivity contribution in [3.63, 3.8) is 0 Å². The van der Waals surface area contributed by atoms with E-state index in [2.05, 4.69) is 49.4 Å². The number of carbonyl (C=O) groups excluding carboxylic acids is 1. The molecule has 118 valence electrons. The van der Waals surface area contributed by atoms with E-state index in [1.54, 1.807) is 0 Å². The maximum atomic E-state index is 8.81. The summed E-state index contributed by atoms with van der Waals surface area (Å²) >= 11 is 0. The number of aldehydes is 1. The summed E-state index contributed by atoms with van der Waals surface area (Å²) in [5, 5.41) is 7.00. The van der Waals surface area contributed by atoms with Gasteiger partial charge in [-0.25, -0.2) is 0 Å². The highest BCUT2D eigenvalue weighted by atomic mass is 16.5. The molecule has 2 aromatic rings. The van der Waals surface area contributed by atoms with Gasteiger partial charge >= 0.3 is 0 Å². The average Bonchev–Trinajstić information content (AvgIpc) is 3.05. The number of aliphatic hydroxyl groups is 1. The van der Waals surface area contributed by atoms with Crippen LogP contribution in [0, 0.1) is 0 Å². The highest BCUT2D eigenvalue weighted by Crippen LogP contribution is 2.31. The Balaban J connectivity index is 0.000000435. The summed E-state index contributed by atoms with van der Waals surface area (Å²) in [6.45, 7) is 4.45. The van der Waals surface area contributed by atoms with Crippen molar-refractivity contribution in [2.75, 3.05) is 13.7 Å². The second-order valence-electron chi connectivity index (χ2n) is 4.71. The van der Waals surface area contributed by atoms with E-state index in [4.69, 9.17) is 14.6 Å². The number of ether oxygens (including phenoxy) is 1. The summed E-state index contributed by atoms with van der Waals surface area (Å²) in [5.74, 6) is 1.06. The first-order valence-electron chi connectivity index (χ1n) is 7.48. The number of aliphatic hydroxyl groups excluding tert-OH is 1. The van der Waals surface area contributed by atoms with E-state index in [1.165, 1.54) is 29.2 Å². The topological polar surface area (TPSA) is 46.5 Å². The maximum Gasteiger partial charge on any atom is 0.123 e. The van der Waals surface area contributed by atoms with E-state index < -0.39 is 0 Å². The summed E-state index contributed by atoms with van der Waals surface area (Å²) in [5.41, 5.74) is 5.22. The van der Waals surface area contributed by atoms with E-state index in [0.717, 1.165) is 38.6 Å². The first-order chi connectivity index (χ1) is 10.8. The van der Waals surface area contributed by atoms with Gasteiger partial charge in [0.05, 0.1) is 6.61 Å². The van der Waals surface area contributed by atoms with Crippen LogP contribution >= 0.6 is 0 Å². The molecule has 1 aliphatic heterocycles. The van der Waals surface area contributed by atoms with Gasteiger partial charge in [0.25, 0.3) is 0 Å². The van der Waals surface area contributed by atoms with E-state index >= 15 is 0 Å². The van der Waals surface area contributed by atoms with E-state index in [9.17, 15) is 0 Å². The summed E-state index contributed by atoms with van der Waals surface area (Å²) < 4.78 is 5.61. The Hall–Kier alpha value is -2.13. The molecule has 0 saturated heterocycles. The fourth-order valence-electron chi connectivity index (χ4n) is 2.28.